The summed E-state index contributed by atoms with van der Waals surface area (Å²) in [6.45, 7) is 0.276. The first-order valence-corrected chi connectivity index (χ1v) is 3.77. The summed E-state index contributed by atoms with van der Waals surface area (Å²) in [5.41, 5.74) is 6.01. The molecule has 0 saturated carbocycles. The summed E-state index contributed by atoms with van der Waals surface area (Å²) in [5, 5.41) is 9.81. The Morgan fingerprint density at radius 1 is 1.27 bits per heavy atom. The van der Waals surface area contributed by atoms with E-state index in [0.29, 0.717) is 15.6 Å². The minimum absolute atomic E-state index is 0.0530. The predicted molar refractivity (Wildman–Crippen MR) is 46.0 cm³/mol. The van der Waals surface area contributed by atoms with Crippen molar-refractivity contribution in [1.29, 1.82) is 0 Å². The number of phenolic OH excluding ortho intramolecular Hbond substituents is 1. The molecule has 0 fully saturated rings. The molecule has 0 saturated heterocycles. The number of nitrogens with two attached hydrogens (primary N) is 1. The van der Waals surface area contributed by atoms with Gasteiger partial charge in [0.2, 0.25) is 0 Å². The summed E-state index contributed by atoms with van der Waals surface area (Å²) in [5.74, 6) is 0.0530. The Morgan fingerprint density at radius 3 is 2.09 bits per heavy atom. The molecular formula is C7H7Cl2NO. The zero-order valence-corrected chi connectivity index (χ0v) is 7.15. The Bertz CT molecular complexity index is 252. The lowest BCUT2D eigenvalue weighted by atomic mass is 10.2. The van der Waals surface area contributed by atoms with Crippen molar-refractivity contribution in [2.75, 3.05) is 0 Å². The van der Waals surface area contributed by atoms with Crippen LogP contribution in [0.4, 0.5) is 0 Å². The van der Waals surface area contributed by atoms with Gasteiger partial charge < -0.3 is 10.8 Å². The molecular weight excluding hydrogens is 185 g/mol. The first-order valence-electron chi connectivity index (χ1n) is 3.02. The van der Waals surface area contributed by atoms with Gasteiger partial charge in [0.15, 0.2) is 0 Å². The SMILES string of the molecule is NCc1c(Cl)cc(O)cc1Cl. The molecule has 0 heterocycles. The lowest BCUT2D eigenvalue weighted by Gasteiger charge is -2.03. The van der Waals surface area contributed by atoms with Crippen molar-refractivity contribution >= 4 is 23.2 Å². The second-order valence-electron chi connectivity index (χ2n) is 2.09. The molecule has 0 bridgehead atoms. The topological polar surface area (TPSA) is 46.2 Å². The van der Waals surface area contributed by atoms with Crippen LogP contribution in [0.3, 0.4) is 0 Å². The van der Waals surface area contributed by atoms with Gasteiger partial charge in [-0.3, -0.25) is 0 Å². The van der Waals surface area contributed by atoms with E-state index in [1.54, 1.807) is 0 Å². The highest BCUT2D eigenvalue weighted by atomic mass is 35.5. The smallest absolute Gasteiger partial charge is 0.118 e. The summed E-state index contributed by atoms with van der Waals surface area (Å²) in [6.07, 6.45) is 0. The van der Waals surface area contributed by atoms with Crippen LogP contribution in [0.5, 0.6) is 5.75 Å². The molecule has 0 aliphatic heterocycles. The van der Waals surface area contributed by atoms with E-state index in [1.165, 1.54) is 12.1 Å². The van der Waals surface area contributed by atoms with Crippen LogP contribution in [0.15, 0.2) is 12.1 Å². The standard InChI is InChI=1S/C7H7Cl2NO/c8-6-1-4(11)2-7(9)5(6)3-10/h1-2,11H,3,10H2. The molecule has 0 radical (unpaired) electrons. The summed E-state index contributed by atoms with van der Waals surface area (Å²) < 4.78 is 0. The molecule has 1 rings (SSSR count). The van der Waals surface area contributed by atoms with Crippen LogP contribution in [-0.2, 0) is 6.54 Å². The third kappa shape index (κ3) is 1.77. The zero-order chi connectivity index (χ0) is 8.43. The molecule has 1 aromatic rings. The zero-order valence-electron chi connectivity index (χ0n) is 5.64. The van der Waals surface area contributed by atoms with Gasteiger partial charge in [-0.25, -0.2) is 0 Å². The molecule has 11 heavy (non-hydrogen) atoms. The van der Waals surface area contributed by atoms with Crippen LogP contribution in [0.25, 0.3) is 0 Å². The van der Waals surface area contributed by atoms with Crippen LogP contribution < -0.4 is 5.73 Å². The normalized spacial score (nSPS) is 10.1. The van der Waals surface area contributed by atoms with Crippen LogP contribution in [-0.4, -0.2) is 5.11 Å². The van der Waals surface area contributed by atoms with Crippen molar-refractivity contribution in [3.63, 3.8) is 0 Å². The molecule has 1 aromatic carbocycles. The molecule has 0 aromatic heterocycles. The van der Waals surface area contributed by atoms with Crippen LogP contribution in [0.1, 0.15) is 5.56 Å². The third-order valence-electron chi connectivity index (χ3n) is 1.33. The summed E-state index contributed by atoms with van der Waals surface area (Å²) >= 11 is 11.4. The van der Waals surface area contributed by atoms with E-state index in [2.05, 4.69) is 0 Å². The molecule has 0 atom stereocenters. The maximum absolute atomic E-state index is 9.00. The minimum atomic E-state index is 0.0530. The first kappa shape index (κ1) is 8.65. The Morgan fingerprint density at radius 2 is 1.73 bits per heavy atom. The molecule has 0 spiro atoms. The van der Waals surface area contributed by atoms with Gasteiger partial charge in [0.25, 0.3) is 0 Å². The lowest BCUT2D eigenvalue weighted by Crippen LogP contribution is -1.97. The maximum atomic E-state index is 9.00. The predicted octanol–water partition coefficient (Wildman–Crippen LogP) is 2.16. The molecule has 4 heteroatoms. The number of halogens is 2. The lowest BCUT2D eigenvalue weighted by molar-refractivity contribution is 0.475. The van der Waals surface area contributed by atoms with Gasteiger partial charge in [-0.2, -0.15) is 0 Å². The fourth-order valence-electron chi connectivity index (χ4n) is 0.785. The van der Waals surface area contributed by atoms with Gasteiger partial charge in [0.05, 0.1) is 10.0 Å². The van der Waals surface area contributed by atoms with E-state index in [0.717, 1.165) is 0 Å². The number of aromatic hydroxyl groups is 1. The quantitative estimate of drug-likeness (QED) is 0.715. The molecule has 60 valence electrons. The van der Waals surface area contributed by atoms with E-state index < -0.39 is 0 Å². The minimum Gasteiger partial charge on any atom is -0.508 e. The van der Waals surface area contributed by atoms with Crippen molar-refractivity contribution in [3.8, 4) is 5.75 Å². The van der Waals surface area contributed by atoms with Crippen LogP contribution in [0, 0.1) is 0 Å². The van der Waals surface area contributed by atoms with E-state index in [-0.39, 0.29) is 12.3 Å². The Kier molecular flexibility index (Phi) is 2.60. The number of phenols is 1. The van der Waals surface area contributed by atoms with Gasteiger partial charge in [-0.15, -0.1) is 0 Å². The van der Waals surface area contributed by atoms with Crippen molar-refractivity contribution < 1.29 is 5.11 Å². The largest absolute Gasteiger partial charge is 0.508 e. The molecule has 2 nitrogen and oxygen atoms in total. The fraction of sp³-hybridized carbons (Fsp3) is 0.143. The first-order chi connectivity index (χ1) is 5.15. The molecule has 0 amide bonds. The second-order valence-corrected chi connectivity index (χ2v) is 2.91. The van der Waals surface area contributed by atoms with Crippen LogP contribution >= 0.6 is 23.2 Å². The van der Waals surface area contributed by atoms with Gasteiger partial charge in [-0.1, -0.05) is 23.2 Å². The average molecular weight is 192 g/mol. The Labute approximate surface area is 74.5 Å². The van der Waals surface area contributed by atoms with Crippen molar-refractivity contribution in [3.05, 3.63) is 27.7 Å². The highest BCUT2D eigenvalue weighted by Crippen LogP contribution is 2.28. The van der Waals surface area contributed by atoms with Gasteiger partial charge in [-0.05, 0) is 12.1 Å². The van der Waals surface area contributed by atoms with Gasteiger partial charge in [0, 0.05) is 12.1 Å². The van der Waals surface area contributed by atoms with Crippen molar-refractivity contribution in [2.24, 2.45) is 5.73 Å². The molecule has 0 aliphatic rings. The Hall–Kier alpha value is -0.440. The molecule has 0 aliphatic carbocycles. The fourth-order valence-corrected chi connectivity index (χ4v) is 1.41. The van der Waals surface area contributed by atoms with E-state index in [4.69, 9.17) is 34.0 Å². The monoisotopic (exact) mass is 191 g/mol. The summed E-state index contributed by atoms with van der Waals surface area (Å²) in [6, 6.07) is 2.82. The van der Waals surface area contributed by atoms with Crippen molar-refractivity contribution in [2.45, 2.75) is 6.54 Å². The highest BCUT2D eigenvalue weighted by Gasteiger charge is 2.05. The second kappa shape index (κ2) is 3.30. The Balaban J connectivity index is 3.25. The van der Waals surface area contributed by atoms with Gasteiger partial charge >= 0.3 is 0 Å². The summed E-state index contributed by atoms with van der Waals surface area (Å²) in [4.78, 5) is 0. The summed E-state index contributed by atoms with van der Waals surface area (Å²) in [7, 11) is 0. The number of hydrogen-bond donors (Lipinski definition) is 2. The van der Waals surface area contributed by atoms with E-state index >= 15 is 0 Å². The highest BCUT2D eigenvalue weighted by molar-refractivity contribution is 6.36. The van der Waals surface area contributed by atoms with Crippen molar-refractivity contribution in [1.82, 2.24) is 0 Å². The third-order valence-corrected chi connectivity index (χ3v) is 2.00. The maximum Gasteiger partial charge on any atom is 0.118 e. The van der Waals surface area contributed by atoms with E-state index in [1.807, 2.05) is 0 Å². The number of benzene rings is 1. The molecule has 3 N–H and O–H groups in total. The number of rotatable bonds is 1. The van der Waals surface area contributed by atoms with Gasteiger partial charge in [0.1, 0.15) is 5.75 Å². The number of hydrogen-bond acceptors (Lipinski definition) is 2. The average Bonchev–Trinajstić information content (AvgIpc) is 1.85. The molecule has 0 unspecified atom stereocenters. The van der Waals surface area contributed by atoms with E-state index in [9.17, 15) is 0 Å². The van der Waals surface area contributed by atoms with Crippen LogP contribution in [0.2, 0.25) is 10.0 Å².